The molecule has 10 nitrogen and oxygen atoms in total. The Hall–Kier alpha value is -3.74. The van der Waals surface area contributed by atoms with Crippen molar-refractivity contribution in [1.29, 1.82) is 5.26 Å². The van der Waals surface area contributed by atoms with E-state index in [1.807, 2.05) is 0 Å². The molecule has 1 aliphatic heterocycles. The van der Waals surface area contributed by atoms with Crippen LogP contribution in [0.15, 0.2) is 29.8 Å². The summed E-state index contributed by atoms with van der Waals surface area (Å²) in [5.74, 6) is -3.81. The van der Waals surface area contributed by atoms with Gasteiger partial charge in [0, 0.05) is 17.7 Å². The van der Waals surface area contributed by atoms with Crippen molar-refractivity contribution in [3.63, 3.8) is 0 Å². The number of hydrogen-bond donors (Lipinski definition) is 2. The molecule has 0 radical (unpaired) electrons. The summed E-state index contributed by atoms with van der Waals surface area (Å²) in [6, 6.07) is 6.11. The SMILES string of the molecule is N#C/C(C(=O)NN1C(=O)C2CCCCC2C1=O)=C(/O)c1ccc([N+](=O)[O-])cc1. The molecule has 2 unspecified atom stereocenters. The lowest BCUT2D eigenvalue weighted by Crippen LogP contribution is -2.47. The van der Waals surface area contributed by atoms with E-state index in [4.69, 9.17) is 0 Å². The Balaban J connectivity index is 1.82. The van der Waals surface area contributed by atoms with E-state index in [-0.39, 0.29) is 11.3 Å². The summed E-state index contributed by atoms with van der Waals surface area (Å²) in [7, 11) is 0. The van der Waals surface area contributed by atoms with Crippen molar-refractivity contribution in [2.75, 3.05) is 0 Å². The summed E-state index contributed by atoms with van der Waals surface area (Å²) in [6.45, 7) is 0. The molecule has 3 amide bonds. The van der Waals surface area contributed by atoms with Gasteiger partial charge in [-0.15, -0.1) is 0 Å². The highest BCUT2D eigenvalue weighted by molar-refractivity contribution is 6.10. The molecular weight excluding hydrogens is 368 g/mol. The fraction of sp³-hybridized carbons (Fsp3) is 0.333. The van der Waals surface area contributed by atoms with E-state index in [0.29, 0.717) is 17.9 Å². The lowest BCUT2D eigenvalue weighted by molar-refractivity contribution is -0.384. The Labute approximate surface area is 159 Å². The van der Waals surface area contributed by atoms with Crippen LogP contribution in [0.2, 0.25) is 0 Å². The number of imide groups is 1. The number of carbonyl (C=O) groups excluding carboxylic acids is 3. The zero-order valence-corrected chi connectivity index (χ0v) is 14.6. The smallest absolute Gasteiger partial charge is 0.284 e. The van der Waals surface area contributed by atoms with Crippen LogP contribution in [0.5, 0.6) is 0 Å². The lowest BCUT2D eigenvalue weighted by Gasteiger charge is -2.19. The number of aliphatic hydroxyl groups excluding tert-OH is 1. The number of nitriles is 1. The first-order valence-electron chi connectivity index (χ1n) is 8.62. The minimum absolute atomic E-state index is 0.00467. The van der Waals surface area contributed by atoms with Gasteiger partial charge in [-0.1, -0.05) is 12.8 Å². The normalized spacial score (nSPS) is 22.2. The highest BCUT2D eigenvalue weighted by atomic mass is 16.6. The van der Waals surface area contributed by atoms with Gasteiger partial charge in [0.1, 0.15) is 11.8 Å². The largest absolute Gasteiger partial charge is 0.506 e. The third-order valence-corrected chi connectivity index (χ3v) is 4.98. The number of hydrazine groups is 1. The molecule has 0 bridgehead atoms. The number of amides is 3. The minimum atomic E-state index is -1.11. The van der Waals surface area contributed by atoms with E-state index >= 15 is 0 Å². The zero-order valence-electron chi connectivity index (χ0n) is 14.6. The van der Waals surface area contributed by atoms with Gasteiger partial charge in [-0.25, -0.2) is 0 Å². The van der Waals surface area contributed by atoms with Gasteiger partial charge in [0.05, 0.1) is 16.8 Å². The Morgan fingerprint density at radius 2 is 1.71 bits per heavy atom. The standard InChI is InChI=1S/C18H16N4O6/c19-9-14(15(23)10-5-7-11(8-6-10)22(27)28)16(24)20-21-17(25)12-3-1-2-4-13(12)18(21)26/h5-8,12-13,23H,1-4H2,(H,20,24)/b15-14-. The van der Waals surface area contributed by atoms with E-state index in [0.717, 1.165) is 25.0 Å². The zero-order chi connectivity index (χ0) is 20.4. The molecule has 1 saturated carbocycles. The maximum Gasteiger partial charge on any atom is 0.284 e. The fourth-order valence-electron chi connectivity index (χ4n) is 3.53. The molecule has 2 N–H and O–H groups in total. The van der Waals surface area contributed by atoms with Crippen LogP contribution in [0.25, 0.3) is 5.76 Å². The summed E-state index contributed by atoms with van der Waals surface area (Å²) in [4.78, 5) is 47.3. The van der Waals surface area contributed by atoms with E-state index in [9.17, 15) is 34.9 Å². The highest BCUT2D eigenvalue weighted by Crippen LogP contribution is 2.37. The highest BCUT2D eigenvalue weighted by Gasteiger charge is 2.49. The van der Waals surface area contributed by atoms with Crippen LogP contribution in [0.1, 0.15) is 31.2 Å². The number of aliphatic hydroxyl groups is 1. The monoisotopic (exact) mass is 384 g/mol. The van der Waals surface area contributed by atoms with Crippen molar-refractivity contribution < 1.29 is 24.4 Å². The molecule has 2 atom stereocenters. The molecule has 2 fully saturated rings. The first-order valence-corrected chi connectivity index (χ1v) is 8.62. The molecule has 28 heavy (non-hydrogen) atoms. The van der Waals surface area contributed by atoms with Gasteiger partial charge in [0.15, 0.2) is 5.57 Å². The molecule has 1 heterocycles. The number of nitrogens with one attached hydrogen (secondary N) is 1. The molecule has 3 rings (SSSR count). The van der Waals surface area contributed by atoms with E-state index in [2.05, 4.69) is 5.43 Å². The molecule has 1 saturated heterocycles. The van der Waals surface area contributed by atoms with E-state index in [1.165, 1.54) is 18.2 Å². The van der Waals surface area contributed by atoms with Crippen LogP contribution in [-0.2, 0) is 14.4 Å². The van der Waals surface area contributed by atoms with Gasteiger partial charge < -0.3 is 5.11 Å². The fourth-order valence-corrected chi connectivity index (χ4v) is 3.53. The van der Waals surface area contributed by atoms with E-state index < -0.39 is 45.8 Å². The second kappa shape index (κ2) is 7.48. The van der Waals surface area contributed by atoms with Crippen molar-refractivity contribution in [3.05, 3.63) is 45.5 Å². The van der Waals surface area contributed by atoms with Gasteiger partial charge in [-0.05, 0) is 25.0 Å². The van der Waals surface area contributed by atoms with Crippen molar-refractivity contribution >= 4 is 29.2 Å². The summed E-state index contributed by atoms with van der Waals surface area (Å²) < 4.78 is 0. The Kier molecular flexibility index (Phi) is 5.08. The number of nitro benzene ring substituents is 1. The molecule has 0 aromatic heterocycles. The number of carbonyl (C=O) groups is 3. The number of rotatable bonds is 4. The van der Waals surface area contributed by atoms with Crippen LogP contribution < -0.4 is 5.43 Å². The van der Waals surface area contributed by atoms with Gasteiger partial charge in [-0.3, -0.25) is 29.9 Å². The predicted octanol–water partition coefficient (Wildman–Crippen LogP) is 1.59. The topological polar surface area (TPSA) is 154 Å². The number of fused-ring (bicyclic) bond motifs is 1. The maximum absolute atomic E-state index is 12.4. The molecule has 1 aliphatic carbocycles. The summed E-state index contributed by atoms with van der Waals surface area (Å²) in [6.07, 6.45) is 2.78. The molecule has 2 aliphatic rings. The number of benzene rings is 1. The second-order valence-corrected chi connectivity index (χ2v) is 6.59. The minimum Gasteiger partial charge on any atom is -0.506 e. The average Bonchev–Trinajstić information content (AvgIpc) is 2.93. The summed E-state index contributed by atoms with van der Waals surface area (Å²) >= 11 is 0. The average molecular weight is 384 g/mol. The van der Waals surface area contributed by atoms with Crippen LogP contribution in [-0.4, -0.2) is 32.8 Å². The predicted molar refractivity (Wildman–Crippen MR) is 93.7 cm³/mol. The molecule has 1 aromatic rings. The molecule has 10 heteroatoms. The van der Waals surface area contributed by atoms with Crippen LogP contribution in [0.4, 0.5) is 5.69 Å². The molecular formula is C18H16N4O6. The van der Waals surface area contributed by atoms with Crippen LogP contribution >= 0.6 is 0 Å². The van der Waals surface area contributed by atoms with Crippen molar-refractivity contribution in [2.45, 2.75) is 25.7 Å². The number of nitrogens with zero attached hydrogens (tertiary/aromatic N) is 3. The van der Waals surface area contributed by atoms with Crippen molar-refractivity contribution in [3.8, 4) is 6.07 Å². The van der Waals surface area contributed by atoms with Crippen LogP contribution in [0.3, 0.4) is 0 Å². The summed E-state index contributed by atoms with van der Waals surface area (Å²) in [5.41, 5.74) is 1.17. The maximum atomic E-state index is 12.4. The van der Waals surface area contributed by atoms with Gasteiger partial charge in [0.2, 0.25) is 0 Å². The molecule has 1 aromatic carbocycles. The lowest BCUT2D eigenvalue weighted by atomic mass is 9.81. The Morgan fingerprint density at radius 1 is 1.18 bits per heavy atom. The Bertz CT molecular complexity index is 906. The first-order chi connectivity index (χ1) is 13.3. The Morgan fingerprint density at radius 3 is 2.18 bits per heavy atom. The molecule has 0 spiro atoms. The summed E-state index contributed by atoms with van der Waals surface area (Å²) in [5, 5.41) is 30.8. The van der Waals surface area contributed by atoms with Crippen molar-refractivity contribution in [2.24, 2.45) is 11.8 Å². The third-order valence-electron chi connectivity index (χ3n) is 4.98. The molecule has 144 valence electrons. The van der Waals surface area contributed by atoms with Crippen LogP contribution in [0, 0.1) is 33.3 Å². The first kappa shape index (κ1) is 19.0. The quantitative estimate of drug-likeness (QED) is 0.199. The van der Waals surface area contributed by atoms with E-state index in [1.54, 1.807) is 0 Å². The van der Waals surface area contributed by atoms with Gasteiger partial charge in [0.25, 0.3) is 23.4 Å². The second-order valence-electron chi connectivity index (χ2n) is 6.59. The van der Waals surface area contributed by atoms with Crippen molar-refractivity contribution in [1.82, 2.24) is 10.4 Å². The third kappa shape index (κ3) is 3.29. The number of hydrogen-bond acceptors (Lipinski definition) is 7. The van der Waals surface area contributed by atoms with Gasteiger partial charge in [-0.2, -0.15) is 10.3 Å². The number of nitro groups is 1. The van der Waals surface area contributed by atoms with Gasteiger partial charge >= 0.3 is 0 Å². The number of non-ortho nitro benzene ring substituents is 1.